The number of aryl methyl sites for hydroxylation is 1. The van der Waals surface area contributed by atoms with E-state index in [-0.39, 0.29) is 17.2 Å². The minimum Gasteiger partial charge on any atom is -0.428 e. The first-order chi connectivity index (χ1) is 29.6. The van der Waals surface area contributed by atoms with Gasteiger partial charge in [-0.1, -0.05) is 48.6 Å². The Hall–Kier alpha value is -5.83. The highest BCUT2D eigenvalue weighted by Gasteiger charge is 2.34. The van der Waals surface area contributed by atoms with Crippen molar-refractivity contribution in [2.75, 3.05) is 0 Å². The van der Waals surface area contributed by atoms with Crippen molar-refractivity contribution in [1.29, 1.82) is 0 Å². The largest absolute Gasteiger partial charge is 0.514 e. The molecule has 0 N–H and O–H groups in total. The van der Waals surface area contributed by atoms with Crippen LogP contribution in [0.15, 0.2) is 97.1 Å². The zero-order chi connectivity index (χ0) is 47.4. The molecular formula is C51H57IO12. The number of carbonyl (C=O) groups is 4. The Bertz CT molecular complexity index is 2420. The van der Waals surface area contributed by atoms with Crippen molar-refractivity contribution in [1.82, 2.24) is 0 Å². The Morgan fingerprint density at radius 3 is 1.44 bits per heavy atom. The maximum absolute atomic E-state index is 13.4. The van der Waals surface area contributed by atoms with Crippen molar-refractivity contribution in [3.05, 3.63) is 123 Å². The second-order valence-electron chi connectivity index (χ2n) is 19.2. The number of hydrogen-bond acceptors (Lipinski definition) is 12. The Balaban J connectivity index is 1.67. The fraction of sp³-hybridized carbons (Fsp3) is 0.373. The summed E-state index contributed by atoms with van der Waals surface area (Å²) in [7, 11) is 0. The highest BCUT2D eigenvalue weighted by molar-refractivity contribution is 14.1. The number of allylic oxidation sites excluding steroid dienone is 4. The summed E-state index contributed by atoms with van der Waals surface area (Å²) in [4.78, 5) is 51.6. The van der Waals surface area contributed by atoms with Gasteiger partial charge in [0.25, 0.3) is 0 Å². The van der Waals surface area contributed by atoms with E-state index in [1.165, 1.54) is 0 Å². The van der Waals surface area contributed by atoms with E-state index < -0.39 is 58.9 Å². The molecule has 13 heteroatoms. The van der Waals surface area contributed by atoms with Gasteiger partial charge in [0.2, 0.25) is 0 Å². The van der Waals surface area contributed by atoms with E-state index in [1.54, 1.807) is 126 Å². The standard InChI is InChI=1S/C51H57IO12/c1-30-26-36(52)29-40(43(30)60-47(56)64-51(11,12)13)42(35-15-14-33(27-35)31-16-21-37(22-17-31)57-44(53)61-48(2,3)4)39-28-34(20-25-41(39)59-46(55)63-50(8,9)10)32-18-23-38(24-19-32)58-45(54)62-49(5,6)7/h14-29,35,42H,1-13H3. The fourth-order valence-corrected chi connectivity index (χ4v) is 7.39. The predicted molar refractivity (Wildman–Crippen MR) is 252 cm³/mol. The van der Waals surface area contributed by atoms with Crippen LogP contribution in [0.2, 0.25) is 0 Å². The maximum Gasteiger partial charge on any atom is 0.514 e. The lowest BCUT2D eigenvalue weighted by molar-refractivity contribution is 0.0189. The third-order valence-electron chi connectivity index (χ3n) is 8.92. The zero-order valence-corrected chi connectivity index (χ0v) is 40.8. The van der Waals surface area contributed by atoms with Crippen molar-refractivity contribution in [2.45, 2.75) is 118 Å². The van der Waals surface area contributed by atoms with Gasteiger partial charge < -0.3 is 37.9 Å². The van der Waals surface area contributed by atoms with Gasteiger partial charge in [0, 0.05) is 26.5 Å². The van der Waals surface area contributed by atoms with Crippen LogP contribution in [0, 0.1) is 16.4 Å². The molecule has 0 aliphatic heterocycles. The van der Waals surface area contributed by atoms with Gasteiger partial charge in [-0.25, -0.2) is 19.2 Å². The summed E-state index contributed by atoms with van der Waals surface area (Å²) in [5.74, 6) is 0.0480. The summed E-state index contributed by atoms with van der Waals surface area (Å²) in [6.07, 6.45) is 2.68. The third-order valence-corrected chi connectivity index (χ3v) is 9.54. The molecular weight excluding hydrogens is 931 g/mol. The van der Waals surface area contributed by atoms with Gasteiger partial charge in [0.15, 0.2) is 0 Å². The van der Waals surface area contributed by atoms with E-state index in [1.807, 2.05) is 55.5 Å². The summed E-state index contributed by atoms with van der Waals surface area (Å²) in [5.41, 5.74) is 1.95. The molecule has 1 aliphatic carbocycles. The number of benzene rings is 4. The smallest absolute Gasteiger partial charge is 0.428 e. The number of ether oxygens (including phenoxy) is 8. The minimum absolute atomic E-state index is 0.214. The number of carbonyl (C=O) groups excluding carboxylic acids is 4. The molecule has 0 fully saturated rings. The van der Waals surface area contributed by atoms with Crippen LogP contribution in [0.4, 0.5) is 19.2 Å². The first-order valence-electron chi connectivity index (χ1n) is 20.8. The molecule has 5 rings (SSSR count). The van der Waals surface area contributed by atoms with Gasteiger partial charge in [-0.15, -0.1) is 0 Å². The molecule has 0 heterocycles. The summed E-state index contributed by atoms with van der Waals surface area (Å²) in [6, 6.07) is 23.3. The quantitative estimate of drug-likeness (QED) is 0.0682. The van der Waals surface area contributed by atoms with Crippen LogP contribution >= 0.6 is 22.6 Å². The molecule has 4 aromatic carbocycles. The predicted octanol–water partition coefficient (Wildman–Crippen LogP) is 13.9. The van der Waals surface area contributed by atoms with Crippen molar-refractivity contribution < 1.29 is 57.1 Å². The number of hydrogen-bond donors (Lipinski definition) is 0. The Morgan fingerprint density at radius 1 is 0.516 bits per heavy atom. The monoisotopic (exact) mass is 988 g/mol. The molecule has 0 saturated heterocycles. The summed E-state index contributed by atoms with van der Waals surface area (Å²) >= 11 is 2.23. The molecule has 340 valence electrons. The molecule has 0 amide bonds. The number of rotatable bonds is 9. The molecule has 1 aliphatic rings. The second kappa shape index (κ2) is 19.5. The first-order valence-corrected chi connectivity index (χ1v) is 21.9. The van der Waals surface area contributed by atoms with Crippen LogP contribution in [-0.2, 0) is 18.9 Å². The van der Waals surface area contributed by atoms with Crippen molar-refractivity contribution in [3.63, 3.8) is 0 Å². The lowest BCUT2D eigenvalue weighted by atomic mass is 9.79. The first kappa shape index (κ1) is 49.2. The lowest BCUT2D eigenvalue weighted by Gasteiger charge is -2.28. The topological polar surface area (TPSA) is 142 Å². The molecule has 4 aromatic rings. The van der Waals surface area contributed by atoms with Crippen LogP contribution in [0.3, 0.4) is 0 Å². The Morgan fingerprint density at radius 2 is 0.953 bits per heavy atom. The van der Waals surface area contributed by atoms with Gasteiger partial charge in [-0.05, 0) is 189 Å². The summed E-state index contributed by atoms with van der Waals surface area (Å²) in [6.45, 7) is 22.9. The van der Waals surface area contributed by atoms with E-state index in [2.05, 4.69) is 28.7 Å². The normalized spacial score (nSPS) is 14.5. The average molecular weight is 989 g/mol. The number of halogens is 1. The minimum atomic E-state index is -0.903. The van der Waals surface area contributed by atoms with Gasteiger partial charge in [-0.3, -0.25) is 0 Å². The Labute approximate surface area is 389 Å². The molecule has 2 unspecified atom stereocenters. The highest BCUT2D eigenvalue weighted by atomic mass is 127. The molecule has 64 heavy (non-hydrogen) atoms. The second-order valence-corrected chi connectivity index (χ2v) is 20.5. The molecule has 0 aromatic heterocycles. The van der Waals surface area contributed by atoms with Crippen molar-refractivity contribution >= 4 is 52.8 Å². The van der Waals surface area contributed by atoms with Crippen LogP contribution in [-0.4, -0.2) is 47.0 Å². The van der Waals surface area contributed by atoms with E-state index >= 15 is 0 Å². The van der Waals surface area contributed by atoms with Crippen LogP contribution < -0.4 is 18.9 Å². The van der Waals surface area contributed by atoms with Gasteiger partial charge in [0.05, 0.1) is 0 Å². The van der Waals surface area contributed by atoms with E-state index in [9.17, 15) is 19.2 Å². The Kier molecular flexibility index (Phi) is 15.0. The van der Waals surface area contributed by atoms with Crippen LogP contribution in [0.5, 0.6) is 23.0 Å². The molecule has 2 atom stereocenters. The van der Waals surface area contributed by atoms with E-state index in [0.717, 1.165) is 25.8 Å². The SMILES string of the molecule is Cc1cc(I)cc(C(c2cc(-c3ccc(OC(=O)OC(C)(C)C)cc3)ccc2OC(=O)OC(C)(C)C)C2C=CC(c3ccc(OC(=O)OC(C)(C)C)cc3)=C2)c1OC(=O)OC(C)(C)C. The van der Waals surface area contributed by atoms with Gasteiger partial charge >= 0.3 is 24.6 Å². The fourth-order valence-electron chi connectivity index (χ4n) is 6.59. The molecule has 12 nitrogen and oxygen atoms in total. The third kappa shape index (κ3) is 14.6. The molecule has 0 radical (unpaired) electrons. The maximum atomic E-state index is 13.4. The van der Waals surface area contributed by atoms with Crippen LogP contribution in [0.1, 0.15) is 111 Å². The van der Waals surface area contributed by atoms with Crippen molar-refractivity contribution in [2.24, 2.45) is 5.92 Å². The molecule has 0 spiro atoms. The van der Waals surface area contributed by atoms with E-state index in [4.69, 9.17) is 37.9 Å². The summed E-state index contributed by atoms with van der Waals surface area (Å²) in [5, 5.41) is 0. The van der Waals surface area contributed by atoms with Gasteiger partial charge in [-0.2, -0.15) is 0 Å². The molecule has 0 bridgehead atoms. The molecule has 0 saturated carbocycles. The van der Waals surface area contributed by atoms with Gasteiger partial charge in [0.1, 0.15) is 45.4 Å². The zero-order valence-electron chi connectivity index (χ0n) is 38.7. The average Bonchev–Trinajstić information content (AvgIpc) is 3.61. The lowest BCUT2D eigenvalue weighted by Crippen LogP contribution is -2.27. The van der Waals surface area contributed by atoms with Crippen molar-refractivity contribution in [3.8, 4) is 34.1 Å². The highest BCUT2D eigenvalue weighted by Crippen LogP contribution is 2.48. The summed E-state index contributed by atoms with van der Waals surface area (Å²) < 4.78 is 45.7. The van der Waals surface area contributed by atoms with E-state index in [0.29, 0.717) is 22.4 Å². The van der Waals surface area contributed by atoms with Crippen LogP contribution in [0.25, 0.3) is 16.7 Å².